The van der Waals surface area contributed by atoms with E-state index in [1.165, 1.54) is 25.1 Å². The standard InChI is InChI=1S/C16H24N2O/c1-2-16(8-9-17-12-16)13-18-10-5-11-19-15-7-4-3-6-14(15)18/h3-4,6-7,17H,2,5,8-13H2,1H3. The highest BCUT2D eigenvalue weighted by Crippen LogP contribution is 2.36. The molecule has 0 bridgehead atoms. The second kappa shape index (κ2) is 5.41. The van der Waals surface area contributed by atoms with Crippen molar-refractivity contribution in [1.29, 1.82) is 0 Å². The number of hydrogen-bond donors (Lipinski definition) is 1. The molecule has 0 saturated carbocycles. The minimum Gasteiger partial charge on any atom is -0.491 e. The first kappa shape index (κ1) is 12.8. The van der Waals surface area contributed by atoms with Gasteiger partial charge in [-0.15, -0.1) is 0 Å². The van der Waals surface area contributed by atoms with E-state index in [-0.39, 0.29) is 0 Å². The molecule has 2 heterocycles. The predicted molar refractivity (Wildman–Crippen MR) is 79.0 cm³/mol. The van der Waals surface area contributed by atoms with Gasteiger partial charge >= 0.3 is 0 Å². The van der Waals surface area contributed by atoms with Crippen LogP contribution in [0.3, 0.4) is 0 Å². The van der Waals surface area contributed by atoms with Gasteiger partial charge in [-0.05, 0) is 37.9 Å². The summed E-state index contributed by atoms with van der Waals surface area (Å²) in [7, 11) is 0. The molecule has 1 saturated heterocycles. The molecule has 3 rings (SSSR count). The van der Waals surface area contributed by atoms with Crippen LogP contribution >= 0.6 is 0 Å². The Labute approximate surface area is 115 Å². The van der Waals surface area contributed by atoms with E-state index in [1.807, 2.05) is 0 Å². The van der Waals surface area contributed by atoms with Crippen molar-refractivity contribution in [3.05, 3.63) is 24.3 Å². The SMILES string of the molecule is CCC1(CN2CCCOc3ccccc32)CCNC1. The third kappa shape index (κ3) is 2.57. The van der Waals surface area contributed by atoms with E-state index in [0.717, 1.165) is 38.4 Å². The summed E-state index contributed by atoms with van der Waals surface area (Å²) in [5.41, 5.74) is 1.72. The first-order valence-electron chi connectivity index (χ1n) is 7.50. The Hall–Kier alpha value is -1.22. The molecule has 0 radical (unpaired) electrons. The Balaban J connectivity index is 1.84. The van der Waals surface area contributed by atoms with Crippen molar-refractivity contribution in [3.63, 3.8) is 0 Å². The second-order valence-electron chi connectivity index (χ2n) is 5.87. The number of rotatable bonds is 3. The Morgan fingerprint density at radius 1 is 1.37 bits per heavy atom. The molecule has 1 aromatic rings. The molecule has 3 heteroatoms. The first-order valence-corrected chi connectivity index (χ1v) is 7.50. The van der Waals surface area contributed by atoms with Crippen LogP contribution in [0.5, 0.6) is 5.75 Å². The van der Waals surface area contributed by atoms with Gasteiger partial charge in [-0.1, -0.05) is 19.1 Å². The number of nitrogens with zero attached hydrogens (tertiary/aromatic N) is 1. The zero-order valence-electron chi connectivity index (χ0n) is 11.8. The Morgan fingerprint density at radius 2 is 2.26 bits per heavy atom. The highest BCUT2D eigenvalue weighted by molar-refractivity contribution is 5.59. The summed E-state index contributed by atoms with van der Waals surface area (Å²) in [5.74, 6) is 1.05. The van der Waals surface area contributed by atoms with E-state index in [4.69, 9.17) is 4.74 Å². The third-order valence-corrected chi connectivity index (χ3v) is 4.64. The maximum Gasteiger partial charge on any atom is 0.142 e. The third-order valence-electron chi connectivity index (χ3n) is 4.64. The van der Waals surface area contributed by atoms with Gasteiger partial charge in [0.1, 0.15) is 5.75 Å². The van der Waals surface area contributed by atoms with Crippen molar-refractivity contribution < 1.29 is 4.74 Å². The van der Waals surface area contributed by atoms with E-state index in [2.05, 4.69) is 41.4 Å². The van der Waals surface area contributed by atoms with Crippen LogP contribution in [0, 0.1) is 5.41 Å². The molecule has 1 N–H and O–H groups in total. The molecular weight excluding hydrogens is 236 g/mol. The summed E-state index contributed by atoms with van der Waals surface area (Å²) >= 11 is 0. The fourth-order valence-corrected chi connectivity index (χ4v) is 3.31. The van der Waals surface area contributed by atoms with E-state index >= 15 is 0 Å². The van der Waals surface area contributed by atoms with E-state index < -0.39 is 0 Å². The molecule has 0 amide bonds. The number of ether oxygens (including phenoxy) is 1. The van der Waals surface area contributed by atoms with Gasteiger partial charge in [-0.25, -0.2) is 0 Å². The van der Waals surface area contributed by atoms with Crippen LogP contribution in [0.25, 0.3) is 0 Å². The van der Waals surface area contributed by atoms with Gasteiger partial charge in [-0.3, -0.25) is 0 Å². The largest absolute Gasteiger partial charge is 0.491 e. The van der Waals surface area contributed by atoms with Crippen molar-refractivity contribution in [2.24, 2.45) is 5.41 Å². The van der Waals surface area contributed by atoms with Crippen LogP contribution in [0.2, 0.25) is 0 Å². The zero-order chi connectivity index (χ0) is 13.1. The lowest BCUT2D eigenvalue weighted by Crippen LogP contribution is -2.39. The fraction of sp³-hybridized carbons (Fsp3) is 0.625. The highest BCUT2D eigenvalue weighted by Gasteiger charge is 2.34. The molecule has 0 aliphatic carbocycles. The Kier molecular flexibility index (Phi) is 3.65. The average Bonchev–Trinajstić information content (AvgIpc) is 2.83. The summed E-state index contributed by atoms with van der Waals surface area (Å²) in [6.07, 6.45) is 3.66. The Morgan fingerprint density at radius 3 is 3.05 bits per heavy atom. The molecule has 1 atom stereocenters. The number of nitrogens with one attached hydrogen (secondary N) is 1. The van der Waals surface area contributed by atoms with Crippen molar-refractivity contribution >= 4 is 5.69 Å². The number of hydrogen-bond acceptors (Lipinski definition) is 3. The van der Waals surface area contributed by atoms with Crippen LogP contribution in [0.4, 0.5) is 5.69 Å². The molecule has 0 aromatic heterocycles. The van der Waals surface area contributed by atoms with Gasteiger partial charge in [0.2, 0.25) is 0 Å². The molecule has 3 nitrogen and oxygen atoms in total. The molecule has 1 aromatic carbocycles. The molecule has 1 unspecified atom stereocenters. The number of benzene rings is 1. The van der Waals surface area contributed by atoms with Crippen molar-refractivity contribution in [2.45, 2.75) is 26.2 Å². The smallest absolute Gasteiger partial charge is 0.142 e. The highest BCUT2D eigenvalue weighted by atomic mass is 16.5. The minimum absolute atomic E-state index is 0.442. The van der Waals surface area contributed by atoms with Crippen molar-refractivity contribution in [1.82, 2.24) is 5.32 Å². The van der Waals surface area contributed by atoms with Gasteiger partial charge in [-0.2, -0.15) is 0 Å². The first-order chi connectivity index (χ1) is 9.33. The van der Waals surface area contributed by atoms with Crippen LogP contribution in [-0.4, -0.2) is 32.8 Å². The van der Waals surface area contributed by atoms with Gasteiger partial charge in [0.25, 0.3) is 0 Å². The van der Waals surface area contributed by atoms with Crippen molar-refractivity contribution in [3.8, 4) is 5.75 Å². The average molecular weight is 260 g/mol. The summed E-state index contributed by atoms with van der Waals surface area (Å²) < 4.78 is 5.85. The normalized spacial score (nSPS) is 26.7. The van der Waals surface area contributed by atoms with Gasteiger partial charge in [0, 0.05) is 25.0 Å². The minimum atomic E-state index is 0.442. The predicted octanol–water partition coefficient (Wildman–Crippen LogP) is 2.67. The Bertz CT molecular complexity index is 427. The molecule has 2 aliphatic heterocycles. The molecule has 0 spiro atoms. The van der Waals surface area contributed by atoms with E-state index in [0.29, 0.717) is 5.41 Å². The monoisotopic (exact) mass is 260 g/mol. The van der Waals surface area contributed by atoms with E-state index in [1.54, 1.807) is 0 Å². The summed E-state index contributed by atoms with van der Waals surface area (Å²) in [4.78, 5) is 2.54. The number of fused-ring (bicyclic) bond motifs is 1. The molecule has 2 aliphatic rings. The molecular formula is C16H24N2O. The van der Waals surface area contributed by atoms with Gasteiger partial charge < -0.3 is 15.0 Å². The maximum absolute atomic E-state index is 5.85. The lowest BCUT2D eigenvalue weighted by atomic mass is 9.83. The van der Waals surface area contributed by atoms with E-state index in [9.17, 15) is 0 Å². The molecule has 1 fully saturated rings. The second-order valence-corrected chi connectivity index (χ2v) is 5.87. The number of anilines is 1. The summed E-state index contributed by atoms with van der Waals surface area (Å²) in [6, 6.07) is 8.48. The molecule has 104 valence electrons. The lowest BCUT2D eigenvalue weighted by Gasteiger charge is -2.35. The van der Waals surface area contributed by atoms with Crippen LogP contribution in [0.1, 0.15) is 26.2 Å². The summed E-state index contributed by atoms with van der Waals surface area (Å²) in [5, 5.41) is 3.54. The molecule has 19 heavy (non-hydrogen) atoms. The van der Waals surface area contributed by atoms with Crippen LogP contribution in [0.15, 0.2) is 24.3 Å². The zero-order valence-corrected chi connectivity index (χ0v) is 11.8. The quantitative estimate of drug-likeness (QED) is 0.904. The topological polar surface area (TPSA) is 24.5 Å². The van der Waals surface area contributed by atoms with Crippen LogP contribution < -0.4 is 15.0 Å². The van der Waals surface area contributed by atoms with Crippen LogP contribution in [-0.2, 0) is 0 Å². The summed E-state index contributed by atoms with van der Waals surface area (Å²) in [6.45, 7) is 7.75. The lowest BCUT2D eigenvalue weighted by molar-refractivity contribution is 0.308. The maximum atomic E-state index is 5.85. The van der Waals surface area contributed by atoms with Crippen molar-refractivity contribution in [2.75, 3.05) is 37.7 Å². The van der Waals surface area contributed by atoms with Gasteiger partial charge in [0.15, 0.2) is 0 Å². The fourth-order valence-electron chi connectivity index (χ4n) is 3.31. The van der Waals surface area contributed by atoms with Gasteiger partial charge in [0.05, 0.1) is 12.3 Å². The number of para-hydroxylation sites is 2.